The molecule has 0 radical (unpaired) electrons. The fraction of sp³-hybridized carbons (Fsp3) is 0.625. The van der Waals surface area contributed by atoms with Crippen LogP contribution in [0.2, 0.25) is 0 Å². The lowest BCUT2D eigenvalue weighted by molar-refractivity contribution is -0.137. The van der Waals surface area contributed by atoms with E-state index in [2.05, 4.69) is 10.3 Å². The summed E-state index contributed by atoms with van der Waals surface area (Å²) >= 11 is 0.450. The minimum absolute atomic E-state index is 0.255. The van der Waals surface area contributed by atoms with Gasteiger partial charge >= 0.3 is 6.18 Å². The Bertz CT molecular complexity index is 481. The maximum absolute atomic E-state index is 12.3. The lowest BCUT2D eigenvalue weighted by atomic mass is 10.3. The largest absolute Gasteiger partial charge is 0.443 e. The van der Waals surface area contributed by atoms with Crippen molar-refractivity contribution in [1.29, 1.82) is 0 Å². The molecule has 0 fully saturated rings. The van der Waals surface area contributed by atoms with Crippen molar-refractivity contribution in [2.75, 3.05) is 19.1 Å². The maximum atomic E-state index is 12.3. The first-order valence-electron chi connectivity index (χ1n) is 4.51. The number of nitrogens with one attached hydrogen (secondary N) is 1. The Kier molecular flexibility index (Phi) is 4.15. The topological polar surface area (TPSA) is 59.1 Å². The Balaban J connectivity index is 2.95. The number of aromatic nitrogens is 1. The molecule has 1 heterocycles. The summed E-state index contributed by atoms with van der Waals surface area (Å²) in [6.07, 6.45) is -2.41. The van der Waals surface area contributed by atoms with Crippen LogP contribution in [0.1, 0.15) is 15.9 Å². The lowest BCUT2D eigenvalue weighted by Crippen LogP contribution is -2.23. The van der Waals surface area contributed by atoms with Crippen LogP contribution in [0.15, 0.2) is 6.20 Å². The van der Waals surface area contributed by atoms with Crippen LogP contribution in [0.3, 0.4) is 0 Å². The van der Waals surface area contributed by atoms with Crippen LogP contribution in [-0.4, -0.2) is 32.5 Å². The van der Waals surface area contributed by atoms with E-state index in [-0.39, 0.29) is 10.6 Å². The van der Waals surface area contributed by atoms with E-state index in [0.29, 0.717) is 11.3 Å². The minimum atomic E-state index is -4.49. The molecule has 1 unspecified atom stereocenters. The SMILES string of the molecule is CNC(CS(C)(=O)=O)c1cnc(C(F)(F)F)s1. The summed E-state index contributed by atoms with van der Waals surface area (Å²) in [6, 6.07) is -0.668. The molecule has 1 N–H and O–H groups in total. The zero-order valence-corrected chi connectivity index (χ0v) is 10.7. The standard InChI is InChI=1S/C8H11F3N2O2S2/c1-12-5(4-17(2,14)15)6-3-13-7(16-6)8(9,10)11/h3,5,12H,4H2,1-2H3. The van der Waals surface area contributed by atoms with Crippen molar-refractivity contribution < 1.29 is 21.6 Å². The number of thiazole rings is 1. The molecule has 4 nitrogen and oxygen atoms in total. The molecule has 0 aliphatic rings. The van der Waals surface area contributed by atoms with E-state index < -0.39 is 27.1 Å². The smallest absolute Gasteiger partial charge is 0.311 e. The molecule has 0 saturated heterocycles. The second-order valence-electron chi connectivity index (χ2n) is 3.50. The predicted molar refractivity (Wildman–Crippen MR) is 58.6 cm³/mol. The van der Waals surface area contributed by atoms with E-state index >= 15 is 0 Å². The zero-order valence-electron chi connectivity index (χ0n) is 9.08. The first kappa shape index (κ1) is 14.4. The molecule has 1 rings (SSSR count). The van der Waals surface area contributed by atoms with Crippen molar-refractivity contribution in [3.05, 3.63) is 16.1 Å². The summed E-state index contributed by atoms with van der Waals surface area (Å²) in [6.45, 7) is 0. The van der Waals surface area contributed by atoms with Gasteiger partial charge < -0.3 is 5.32 Å². The molecule has 1 atom stereocenters. The monoisotopic (exact) mass is 288 g/mol. The second-order valence-corrected chi connectivity index (χ2v) is 6.75. The van der Waals surface area contributed by atoms with Gasteiger partial charge in [-0.3, -0.25) is 0 Å². The minimum Gasteiger partial charge on any atom is -0.311 e. The highest BCUT2D eigenvalue weighted by atomic mass is 32.2. The molecule has 1 aromatic rings. The van der Waals surface area contributed by atoms with Crippen LogP contribution in [0.4, 0.5) is 13.2 Å². The number of nitrogens with zero attached hydrogens (tertiary/aromatic N) is 1. The number of sulfone groups is 1. The van der Waals surface area contributed by atoms with Gasteiger partial charge in [-0.25, -0.2) is 13.4 Å². The average molecular weight is 288 g/mol. The number of alkyl halides is 3. The number of hydrogen-bond donors (Lipinski definition) is 1. The van der Waals surface area contributed by atoms with Crippen molar-refractivity contribution in [2.45, 2.75) is 12.2 Å². The number of rotatable bonds is 4. The summed E-state index contributed by atoms with van der Waals surface area (Å²) in [7, 11) is -1.79. The van der Waals surface area contributed by atoms with Gasteiger partial charge in [0.25, 0.3) is 0 Å². The molecule has 0 aliphatic heterocycles. The van der Waals surface area contributed by atoms with Crippen LogP contribution >= 0.6 is 11.3 Å². The van der Waals surface area contributed by atoms with Crippen LogP contribution in [0, 0.1) is 0 Å². The molecule has 9 heteroatoms. The third-order valence-corrected chi connectivity index (χ3v) is 4.02. The Morgan fingerprint density at radius 1 is 1.53 bits per heavy atom. The first-order chi connectivity index (χ1) is 7.63. The summed E-state index contributed by atoms with van der Waals surface area (Å²) in [5, 5.41) is 1.69. The summed E-state index contributed by atoms with van der Waals surface area (Å²) in [5.41, 5.74) is 0. The first-order valence-corrected chi connectivity index (χ1v) is 7.39. The molecule has 0 aromatic carbocycles. The van der Waals surface area contributed by atoms with E-state index in [1.807, 2.05) is 0 Å². The van der Waals surface area contributed by atoms with E-state index in [4.69, 9.17) is 0 Å². The molecular formula is C8H11F3N2O2S2. The van der Waals surface area contributed by atoms with E-state index in [0.717, 1.165) is 12.5 Å². The third kappa shape index (κ3) is 4.25. The van der Waals surface area contributed by atoms with Crippen LogP contribution in [-0.2, 0) is 16.0 Å². The van der Waals surface area contributed by atoms with Gasteiger partial charge in [-0.1, -0.05) is 0 Å². The third-order valence-electron chi connectivity index (χ3n) is 1.93. The molecule has 17 heavy (non-hydrogen) atoms. The van der Waals surface area contributed by atoms with Crippen molar-refractivity contribution >= 4 is 21.2 Å². The molecule has 0 aliphatic carbocycles. The lowest BCUT2D eigenvalue weighted by Gasteiger charge is -2.12. The van der Waals surface area contributed by atoms with Crippen LogP contribution in [0.5, 0.6) is 0 Å². The molecule has 0 amide bonds. The quantitative estimate of drug-likeness (QED) is 0.911. The molecule has 98 valence electrons. The Morgan fingerprint density at radius 2 is 2.12 bits per heavy atom. The molecule has 0 bridgehead atoms. The molecule has 1 aromatic heterocycles. The Labute approximate surface area is 101 Å². The van der Waals surface area contributed by atoms with Gasteiger partial charge in [0.1, 0.15) is 9.84 Å². The van der Waals surface area contributed by atoms with Gasteiger partial charge in [-0.05, 0) is 7.05 Å². The molecule has 0 saturated carbocycles. The van der Waals surface area contributed by atoms with Gasteiger partial charge in [0.2, 0.25) is 0 Å². The second kappa shape index (κ2) is 4.91. The Morgan fingerprint density at radius 3 is 2.47 bits per heavy atom. The normalized spacial score (nSPS) is 14.9. The van der Waals surface area contributed by atoms with Gasteiger partial charge in [-0.15, -0.1) is 11.3 Å². The van der Waals surface area contributed by atoms with Gasteiger partial charge in [0.15, 0.2) is 5.01 Å². The van der Waals surface area contributed by atoms with Gasteiger partial charge in [0, 0.05) is 17.3 Å². The van der Waals surface area contributed by atoms with Crippen molar-refractivity contribution in [3.63, 3.8) is 0 Å². The number of halogens is 3. The fourth-order valence-corrected chi connectivity index (χ4v) is 3.14. The highest BCUT2D eigenvalue weighted by molar-refractivity contribution is 7.90. The van der Waals surface area contributed by atoms with E-state index in [1.165, 1.54) is 7.05 Å². The van der Waals surface area contributed by atoms with Gasteiger partial charge in [0.05, 0.1) is 11.8 Å². The maximum Gasteiger partial charge on any atom is 0.443 e. The average Bonchev–Trinajstić information content (AvgIpc) is 2.60. The van der Waals surface area contributed by atoms with Crippen molar-refractivity contribution in [1.82, 2.24) is 10.3 Å². The van der Waals surface area contributed by atoms with Crippen molar-refractivity contribution in [3.8, 4) is 0 Å². The van der Waals surface area contributed by atoms with Gasteiger partial charge in [-0.2, -0.15) is 13.2 Å². The highest BCUT2D eigenvalue weighted by Gasteiger charge is 2.35. The summed E-state index contributed by atoms with van der Waals surface area (Å²) in [4.78, 5) is 3.50. The highest BCUT2D eigenvalue weighted by Crippen LogP contribution is 2.34. The summed E-state index contributed by atoms with van der Waals surface area (Å²) < 4.78 is 59.1. The molecule has 0 spiro atoms. The van der Waals surface area contributed by atoms with E-state index in [1.54, 1.807) is 0 Å². The van der Waals surface area contributed by atoms with Crippen LogP contribution < -0.4 is 5.32 Å². The fourth-order valence-electron chi connectivity index (χ4n) is 1.19. The summed E-state index contributed by atoms with van der Waals surface area (Å²) in [5.74, 6) is -0.261. The Hall–Kier alpha value is -0.670. The van der Waals surface area contributed by atoms with E-state index in [9.17, 15) is 21.6 Å². The predicted octanol–water partition coefficient (Wildman–Crippen LogP) is 1.47. The zero-order chi connectivity index (χ0) is 13.3. The number of hydrogen-bond acceptors (Lipinski definition) is 5. The molecular weight excluding hydrogens is 277 g/mol. The van der Waals surface area contributed by atoms with Crippen LogP contribution in [0.25, 0.3) is 0 Å². The van der Waals surface area contributed by atoms with Crippen molar-refractivity contribution in [2.24, 2.45) is 0 Å².